The highest BCUT2D eigenvalue weighted by molar-refractivity contribution is 5.39. The predicted molar refractivity (Wildman–Crippen MR) is 73.7 cm³/mol. The molecule has 96 valence electrons. The minimum atomic E-state index is 0.329. The van der Waals surface area contributed by atoms with Gasteiger partial charge in [0.05, 0.1) is 7.11 Å². The molecular formula is C15H25NO. The molecule has 0 heterocycles. The second-order valence-electron chi connectivity index (χ2n) is 4.65. The normalized spacial score (nSPS) is 12.8. The minimum absolute atomic E-state index is 0.329. The summed E-state index contributed by atoms with van der Waals surface area (Å²) in [5.41, 5.74) is 2.48. The number of methoxy groups -OCH3 is 1. The molecule has 1 atom stereocenters. The Morgan fingerprint density at radius 3 is 2.41 bits per heavy atom. The molecule has 0 fully saturated rings. The lowest BCUT2D eigenvalue weighted by Crippen LogP contribution is -2.30. The monoisotopic (exact) mass is 235 g/mol. The first-order valence-corrected chi connectivity index (χ1v) is 6.52. The molecule has 0 saturated carbocycles. The van der Waals surface area contributed by atoms with Gasteiger partial charge in [-0.2, -0.15) is 0 Å². The van der Waals surface area contributed by atoms with Gasteiger partial charge in [-0.1, -0.05) is 26.0 Å². The summed E-state index contributed by atoms with van der Waals surface area (Å²) in [5.74, 6) is 0.982. The van der Waals surface area contributed by atoms with Crippen LogP contribution in [0.5, 0.6) is 5.75 Å². The van der Waals surface area contributed by atoms with E-state index in [4.69, 9.17) is 4.74 Å². The van der Waals surface area contributed by atoms with Crippen molar-refractivity contribution in [1.29, 1.82) is 0 Å². The van der Waals surface area contributed by atoms with E-state index in [0.29, 0.717) is 12.1 Å². The highest BCUT2D eigenvalue weighted by atomic mass is 16.5. The van der Waals surface area contributed by atoms with Crippen LogP contribution in [0.4, 0.5) is 0 Å². The molecular weight excluding hydrogens is 210 g/mol. The predicted octanol–water partition coefficient (Wildman–Crippen LogP) is 3.84. The largest absolute Gasteiger partial charge is 0.496 e. The van der Waals surface area contributed by atoms with Gasteiger partial charge in [0, 0.05) is 17.6 Å². The van der Waals surface area contributed by atoms with Crippen LogP contribution < -0.4 is 10.1 Å². The lowest BCUT2D eigenvalue weighted by Gasteiger charge is -2.23. The maximum absolute atomic E-state index is 5.46. The van der Waals surface area contributed by atoms with Crippen molar-refractivity contribution in [3.05, 3.63) is 29.3 Å². The SMILES string of the molecule is CCC(CC)NC(C)c1ccc(C)cc1OC. The highest BCUT2D eigenvalue weighted by Crippen LogP contribution is 2.26. The lowest BCUT2D eigenvalue weighted by atomic mass is 10.0. The Morgan fingerprint density at radius 2 is 1.88 bits per heavy atom. The molecule has 0 aliphatic heterocycles. The summed E-state index contributed by atoms with van der Waals surface area (Å²) in [4.78, 5) is 0. The zero-order chi connectivity index (χ0) is 12.8. The van der Waals surface area contributed by atoms with Crippen molar-refractivity contribution in [3.63, 3.8) is 0 Å². The quantitative estimate of drug-likeness (QED) is 0.809. The average molecular weight is 235 g/mol. The summed E-state index contributed by atoms with van der Waals surface area (Å²) in [6.07, 6.45) is 2.32. The van der Waals surface area contributed by atoms with E-state index in [1.165, 1.54) is 11.1 Å². The Kier molecular flexibility index (Phi) is 5.49. The van der Waals surface area contributed by atoms with Crippen LogP contribution in [0.1, 0.15) is 50.8 Å². The fraction of sp³-hybridized carbons (Fsp3) is 0.600. The Bertz CT molecular complexity index is 345. The van der Waals surface area contributed by atoms with Crippen LogP contribution >= 0.6 is 0 Å². The van der Waals surface area contributed by atoms with Crippen LogP contribution in [0, 0.1) is 6.92 Å². The number of ether oxygens (including phenoxy) is 1. The summed E-state index contributed by atoms with van der Waals surface area (Å²) < 4.78 is 5.46. The molecule has 0 spiro atoms. The number of hydrogen-bond acceptors (Lipinski definition) is 2. The van der Waals surface area contributed by atoms with Gasteiger partial charge in [-0.05, 0) is 38.3 Å². The average Bonchev–Trinajstić information content (AvgIpc) is 2.35. The summed E-state index contributed by atoms with van der Waals surface area (Å²) in [6, 6.07) is 7.31. The number of rotatable bonds is 6. The first-order chi connectivity index (χ1) is 8.12. The van der Waals surface area contributed by atoms with Crippen molar-refractivity contribution in [2.45, 2.75) is 52.6 Å². The molecule has 17 heavy (non-hydrogen) atoms. The molecule has 0 aromatic heterocycles. The molecule has 1 N–H and O–H groups in total. The first kappa shape index (κ1) is 14.0. The van der Waals surface area contributed by atoms with Crippen LogP contribution in [0.3, 0.4) is 0 Å². The van der Waals surface area contributed by atoms with Crippen molar-refractivity contribution in [1.82, 2.24) is 5.32 Å². The van der Waals surface area contributed by atoms with E-state index in [2.05, 4.69) is 51.2 Å². The maximum atomic E-state index is 5.46. The molecule has 0 saturated heterocycles. The first-order valence-electron chi connectivity index (χ1n) is 6.52. The van der Waals surface area contributed by atoms with Gasteiger partial charge in [0.25, 0.3) is 0 Å². The van der Waals surface area contributed by atoms with E-state index in [0.717, 1.165) is 18.6 Å². The van der Waals surface area contributed by atoms with E-state index in [1.54, 1.807) is 7.11 Å². The van der Waals surface area contributed by atoms with Gasteiger partial charge in [-0.25, -0.2) is 0 Å². The third-order valence-corrected chi connectivity index (χ3v) is 3.33. The number of benzene rings is 1. The Hall–Kier alpha value is -1.02. The van der Waals surface area contributed by atoms with E-state index in [9.17, 15) is 0 Å². The zero-order valence-corrected chi connectivity index (χ0v) is 11.7. The van der Waals surface area contributed by atoms with Gasteiger partial charge in [0.1, 0.15) is 5.75 Å². The number of nitrogens with one attached hydrogen (secondary N) is 1. The van der Waals surface area contributed by atoms with Gasteiger partial charge in [0.2, 0.25) is 0 Å². The summed E-state index contributed by atoms with van der Waals surface area (Å²) in [6.45, 7) is 8.73. The van der Waals surface area contributed by atoms with Gasteiger partial charge in [-0.3, -0.25) is 0 Å². The van der Waals surface area contributed by atoms with Crippen molar-refractivity contribution >= 4 is 0 Å². The van der Waals surface area contributed by atoms with Crippen LogP contribution in [-0.4, -0.2) is 13.2 Å². The van der Waals surface area contributed by atoms with Crippen LogP contribution in [0.15, 0.2) is 18.2 Å². The van der Waals surface area contributed by atoms with Gasteiger partial charge >= 0.3 is 0 Å². The van der Waals surface area contributed by atoms with E-state index < -0.39 is 0 Å². The van der Waals surface area contributed by atoms with Crippen LogP contribution in [0.25, 0.3) is 0 Å². The summed E-state index contributed by atoms with van der Waals surface area (Å²) in [7, 11) is 1.74. The summed E-state index contributed by atoms with van der Waals surface area (Å²) in [5, 5.41) is 3.65. The number of aryl methyl sites for hydroxylation is 1. The standard InChI is InChI=1S/C15H25NO/c1-6-13(7-2)16-12(4)14-9-8-11(3)10-15(14)17-5/h8-10,12-13,16H,6-7H2,1-5H3. The molecule has 1 aromatic carbocycles. The second kappa shape index (κ2) is 6.65. The van der Waals surface area contributed by atoms with Crippen LogP contribution in [0.2, 0.25) is 0 Å². The van der Waals surface area contributed by atoms with Crippen molar-refractivity contribution < 1.29 is 4.74 Å². The molecule has 2 nitrogen and oxygen atoms in total. The number of hydrogen-bond donors (Lipinski definition) is 1. The van der Waals surface area contributed by atoms with E-state index in [-0.39, 0.29) is 0 Å². The smallest absolute Gasteiger partial charge is 0.123 e. The Morgan fingerprint density at radius 1 is 1.24 bits per heavy atom. The van der Waals surface area contributed by atoms with Gasteiger partial charge < -0.3 is 10.1 Å². The van der Waals surface area contributed by atoms with Crippen molar-refractivity contribution in [3.8, 4) is 5.75 Å². The topological polar surface area (TPSA) is 21.3 Å². The summed E-state index contributed by atoms with van der Waals surface area (Å²) >= 11 is 0. The zero-order valence-electron chi connectivity index (χ0n) is 11.7. The fourth-order valence-corrected chi connectivity index (χ4v) is 2.14. The van der Waals surface area contributed by atoms with Crippen LogP contribution in [-0.2, 0) is 0 Å². The van der Waals surface area contributed by atoms with E-state index >= 15 is 0 Å². The highest BCUT2D eigenvalue weighted by Gasteiger charge is 2.14. The van der Waals surface area contributed by atoms with Crippen molar-refractivity contribution in [2.75, 3.05) is 7.11 Å². The lowest BCUT2D eigenvalue weighted by molar-refractivity contribution is 0.387. The molecule has 0 amide bonds. The fourth-order valence-electron chi connectivity index (χ4n) is 2.14. The Labute approximate surface area is 105 Å². The molecule has 1 aromatic rings. The molecule has 1 unspecified atom stereocenters. The maximum Gasteiger partial charge on any atom is 0.123 e. The van der Waals surface area contributed by atoms with E-state index in [1.807, 2.05) is 0 Å². The molecule has 1 rings (SSSR count). The molecule has 0 radical (unpaired) electrons. The van der Waals surface area contributed by atoms with Gasteiger partial charge in [-0.15, -0.1) is 0 Å². The second-order valence-corrected chi connectivity index (χ2v) is 4.65. The molecule has 0 aliphatic carbocycles. The molecule has 0 aliphatic rings. The third-order valence-electron chi connectivity index (χ3n) is 3.33. The molecule has 0 bridgehead atoms. The molecule has 2 heteroatoms. The van der Waals surface area contributed by atoms with Gasteiger partial charge in [0.15, 0.2) is 0 Å². The third kappa shape index (κ3) is 3.74. The van der Waals surface area contributed by atoms with Crippen molar-refractivity contribution in [2.24, 2.45) is 0 Å². The Balaban J connectivity index is 2.84. The minimum Gasteiger partial charge on any atom is -0.496 e.